The monoisotopic (exact) mass is 289 g/mol. The Morgan fingerprint density at radius 1 is 1.19 bits per heavy atom. The van der Waals surface area contributed by atoms with E-state index >= 15 is 0 Å². The third-order valence-electron chi connectivity index (χ3n) is 3.71. The lowest BCUT2D eigenvalue weighted by Crippen LogP contribution is -2.28. The molecule has 114 valence electrons. The fourth-order valence-electron chi connectivity index (χ4n) is 2.61. The molecule has 1 aliphatic rings. The summed E-state index contributed by atoms with van der Waals surface area (Å²) in [6.45, 7) is 3.58. The van der Waals surface area contributed by atoms with Gasteiger partial charge in [0.1, 0.15) is 0 Å². The Bertz CT molecular complexity index is 496. The first kappa shape index (κ1) is 15.5. The number of nitrogens with one attached hydrogen (secondary N) is 3. The molecule has 0 spiro atoms. The average Bonchev–Trinajstić information content (AvgIpc) is 2.46. The number of rotatable bonds is 5. The van der Waals surface area contributed by atoms with Gasteiger partial charge in [0.2, 0.25) is 11.8 Å². The normalized spacial score (nSPS) is 15.5. The Hall–Kier alpha value is -1.88. The minimum Gasteiger partial charge on any atom is -0.326 e. The van der Waals surface area contributed by atoms with Gasteiger partial charge >= 0.3 is 0 Å². The maximum absolute atomic E-state index is 12.0. The van der Waals surface area contributed by atoms with Gasteiger partial charge in [0.25, 0.3) is 0 Å². The molecule has 1 fully saturated rings. The summed E-state index contributed by atoms with van der Waals surface area (Å²) in [7, 11) is 0. The van der Waals surface area contributed by atoms with Crippen molar-refractivity contribution in [2.24, 2.45) is 5.92 Å². The van der Waals surface area contributed by atoms with Crippen LogP contribution in [0, 0.1) is 5.92 Å². The molecule has 21 heavy (non-hydrogen) atoms. The van der Waals surface area contributed by atoms with Gasteiger partial charge in [0.05, 0.1) is 0 Å². The van der Waals surface area contributed by atoms with Crippen molar-refractivity contribution in [3.63, 3.8) is 0 Å². The Labute approximate surface area is 125 Å². The highest BCUT2D eigenvalue weighted by molar-refractivity contribution is 5.93. The van der Waals surface area contributed by atoms with E-state index in [1.54, 1.807) is 12.1 Å². The molecule has 0 aromatic heterocycles. The number of piperidine rings is 1. The van der Waals surface area contributed by atoms with Crippen molar-refractivity contribution in [2.75, 3.05) is 23.7 Å². The van der Waals surface area contributed by atoms with Gasteiger partial charge in [0, 0.05) is 24.7 Å². The molecule has 1 aliphatic heterocycles. The quantitative estimate of drug-likeness (QED) is 0.779. The topological polar surface area (TPSA) is 70.2 Å². The van der Waals surface area contributed by atoms with E-state index in [4.69, 9.17) is 0 Å². The zero-order valence-electron chi connectivity index (χ0n) is 12.4. The van der Waals surface area contributed by atoms with Gasteiger partial charge in [-0.2, -0.15) is 0 Å². The average molecular weight is 289 g/mol. The van der Waals surface area contributed by atoms with Gasteiger partial charge in [-0.05, 0) is 56.5 Å². The molecule has 1 aromatic rings. The van der Waals surface area contributed by atoms with Crippen molar-refractivity contribution in [1.29, 1.82) is 0 Å². The van der Waals surface area contributed by atoms with Gasteiger partial charge in [-0.3, -0.25) is 9.59 Å². The van der Waals surface area contributed by atoms with Crippen LogP contribution < -0.4 is 16.0 Å². The van der Waals surface area contributed by atoms with Crippen LogP contribution >= 0.6 is 0 Å². The Morgan fingerprint density at radius 2 is 1.86 bits per heavy atom. The number of amides is 2. The van der Waals surface area contributed by atoms with E-state index in [2.05, 4.69) is 16.0 Å². The second-order valence-electron chi connectivity index (χ2n) is 5.54. The van der Waals surface area contributed by atoms with Crippen LogP contribution in [0.4, 0.5) is 11.4 Å². The molecule has 1 aromatic carbocycles. The summed E-state index contributed by atoms with van der Waals surface area (Å²) in [5.41, 5.74) is 1.41. The molecule has 5 nitrogen and oxygen atoms in total. The van der Waals surface area contributed by atoms with Crippen molar-refractivity contribution in [1.82, 2.24) is 5.32 Å². The zero-order valence-corrected chi connectivity index (χ0v) is 12.4. The van der Waals surface area contributed by atoms with E-state index in [-0.39, 0.29) is 11.8 Å². The smallest absolute Gasteiger partial charge is 0.224 e. The maximum atomic E-state index is 12.0. The molecule has 0 bridgehead atoms. The molecular weight excluding hydrogens is 266 g/mol. The van der Waals surface area contributed by atoms with E-state index in [1.807, 2.05) is 12.1 Å². The molecule has 2 amide bonds. The number of hydrogen-bond donors (Lipinski definition) is 3. The number of carbonyl (C=O) groups excluding carboxylic acids is 2. The first-order chi connectivity index (χ1) is 10.1. The lowest BCUT2D eigenvalue weighted by Gasteiger charge is -2.22. The van der Waals surface area contributed by atoms with Gasteiger partial charge in [0.15, 0.2) is 0 Å². The Kier molecular flexibility index (Phi) is 5.75. The minimum atomic E-state index is -0.121. The summed E-state index contributed by atoms with van der Waals surface area (Å²) in [5, 5.41) is 8.92. The van der Waals surface area contributed by atoms with Crippen LogP contribution in [0.3, 0.4) is 0 Å². The van der Waals surface area contributed by atoms with Gasteiger partial charge in [-0.1, -0.05) is 6.07 Å². The van der Waals surface area contributed by atoms with Crippen LogP contribution in [0.25, 0.3) is 0 Å². The highest BCUT2D eigenvalue weighted by atomic mass is 16.2. The summed E-state index contributed by atoms with van der Waals surface area (Å²) in [5.74, 6) is 0.570. The van der Waals surface area contributed by atoms with Gasteiger partial charge < -0.3 is 16.0 Å². The third-order valence-corrected chi connectivity index (χ3v) is 3.71. The van der Waals surface area contributed by atoms with Crippen molar-refractivity contribution in [3.8, 4) is 0 Å². The molecule has 2 rings (SSSR count). The van der Waals surface area contributed by atoms with E-state index in [9.17, 15) is 9.59 Å². The summed E-state index contributed by atoms with van der Waals surface area (Å²) in [6.07, 6.45) is 3.81. The number of hydrogen-bond acceptors (Lipinski definition) is 3. The first-order valence-electron chi connectivity index (χ1n) is 7.52. The molecule has 0 aliphatic carbocycles. The van der Waals surface area contributed by atoms with Crippen molar-refractivity contribution in [2.45, 2.75) is 32.6 Å². The highest BCUT2D eigenvalue weighted by Crippen LogP contribution is 2.19. The molecule has 1 saturated heterocycles. The predicted molar refractivity (Wildman–Crippen MR) is 84.2 cm³/mol. The molecule has 5 heteroatoms. The molecule has 0 atom stereocenters. The summed E-state index contributed by atoms with van der Waals surface area (Å²) < 4.78 is 0. The summed E-state index contributed by atoms with van der Waals surface area (Å²) in [6, 6.07) is 7.21. The molecule has 1 heterocycles. The van der Waals surface area contributed by atoms with E-state index in [0.29, 0.717) is 18.0 Å². The van der Waals surface area contributed by atoms with E-state index in [0.717, 1.165) is 38.0 Å². The third kappa shape index (κ3) is 5.55. The lowest BCUT2D eigenvalue weighted by atomic mass is 9.93. The van der Waals surface area contributed by atoms with Crippen LogP contribution in [0.1, 0.15) is 32.6 Å². The summed E-state index contributed by atoms with van der Waals surface area (Å²) >= 11 is 0. The van der Waals surface area contributed by atoms with Gasteiger partial charge in [-0.15, -0.1) is 0 Å². The number of anilines is 2. The number of carbonyl (C=O) groups is 2. The van der Waals surface area contributed by atoms with Crippen molar-refractivity contribution < 1.29 is 9.59 Å². The number of benzene rings is 1. The fourth-order valence-corrected chi connectivity index (χ4v) is 2.61. The molecule has 0 saturated carbocycles. The van der Waals surface area contributed by atoms with Crippen LogP contribution in [-0.2, 0) is 9.59 Å². The van der Waals surface area contributed by atoms with E-state index in [1.165, 1.54) is 6.92 Å². The first-order valence-corrected chi connectivity index (χ1v) is 7.52. The zero-order chi connectivity index (χ0) is 15.1. The molecule has 3 N–H and O–H groups in total. The van der Waals surface area contributed by atoms with Gasteiger partial charge in [-0.25, -0.2) is 0 Å². The predicted octanol–water partition coefficient (Wildman–Crippen LogP) is 2.36. The van der Waals surface area contributed by atoms with Crippen molar-refractivity contribution >= 4 is 23.2 Å². The SMILES string of the molecule is CC(=O)Nc1cccc(NC(=O)CCC2CCNCC2)c1. The second kappa shape index (κ2) is 7.78. The van der Waals surface area contributed by atoms with E-state index < -0.39 is 0 Å². The van der Waals surface area contributed by atoms with Crippen LogP contribution in [0.15, 0.2) is 24.3 Å². The molecule has 0 radical (unpaired) electrons. The Balaban J connectivity index is 1.80. The second-order valence-corrected chi connectivity index (χ2v) is 5.54. The minimum absolute atomic E-state index is 0.0357. The molecule has 0 unspecified atom stereocenters. The Morgan fingerprint density at radius 3 is 2.52 bits per heavy atom. The van der Waals surface area contributed by atoms with Crippen LogP contribution in [0.2, 0.25) is 0 Å². The fraction of sp³-hybridized carbons (Fsp3) is 0.500. The summed E-state index contributed by atoms with van der Waals surface area (Å²) in [4.78, 5) is 23.0. The highest BCUT2D eigenvalue weighted by Gasteiger charge is 2.14. The standard InChI is InChI=1S/C16H23N3O2/c1-12(20)18-14-3-2-4-15(11-14)19-16(21)6-5-13-7-9-17-10-8-13/h2-4,11,13,17H,5-10H2,1H3,(H,18,20)(H,19,21). The van der Waals surface area contributed by atoms with Crippen molar-refractivity contribution in [3.05, 3.63) is 24.3 Å². The maximum Gasteiger partial charge on any atom is 0.224 e. The lowest BCUT2D eigenvalue weighted by molar-refractivity contribution is -0.116. The largest absolute Gasteiger partial charge is 0.326 e. The molecular formula is C16H23N3O2. The van der Waals surface area contributed by atoms with Crippen LogP contribution in [0.5, 0.6) is 0 Å². The van der Waals surface area contributed by atoms with Crippen LogP contribution in [-0.4, -0.2) is 24.9 Å².